The molecule has 3 aromatic rings. The Morgan fingerprint density at radius 3 is 2.46 bits per heavy atom. The number of benzene rings is 1. The summed E-state index contributed by atoms with van der Waals surface area (Å²) in [5.74, 6) is -0.193. The van der Waals surface area contributed by atoms with Crippen LogP contribution in [0.1, 0.15) is 39.9 Å². The van der Waals surface area contributed by atoms with Crippen LogP contribution in [0.2, 0.25) is 0 Å². The largest absolute Gasteiger partial charge is 0.488 e. The van der Waals surface area contributed by atoms with E-state index >= 15 is 0 Å². The molecule has 4 rings (SSSR count). The Morgan fingerprint density at radius 1 is 1.09 bits per heavy atom. The van der Waals surface area contributed by atoms with E-state index in [2.05, 4.69) is 19.9 Å². The number of primary amides is 1. The van der Waals surface area contributed by atoms with Crippen molar-refractivity contribution in [1.82, 2.24) is 24.8 Å². The first-order valence-electron chi connectivity index (χ1n) is 11.1. The number of amides is 2. The molecule has 1 fully saturated rings. The van der Waals surface area contributed by atoms with Gasteiger partial charge in [0, 0.05) is 32.5 Å². The highest BCUT2D eigenvalue weighted by molar-refractivity contribution is 6.01. The van der Waals surface area contributed by atoms with Crippen molar-refractivity contribution in [3.05, 3.63) is 53.9 Å². The summed E-state index contributed by atoms with van der Waals surface area (Å²) in [6.45, 7) is 5.39. The molecule has 11 nitrogen and oxygen atoms in total. The molecule has 3 heterocycles. The van der Waals surface area contributed by atoms with Gasteiger partial charge in [0.1, 0.15) is 23.3 Å². The van der Waals surface area contributed by atoms with Gasteiger partial charge in [-0.2, -0.15) is 0 Å². The molecule has 2 amide bonds. The summed E-state index contributed by atoms with van der Waals surface area (Å²) < 4.78 is 17.0. The molecule has 2 aromatic heterocycles. The average molecular weight is 479 g/mol. The summed E-state index contributed by atoms with van der Waals surface area (Å²) in [4.78, 5) is 43.6. The smallest absolute Gasteiger partial charge is 0.274 e. The van der Waals surface area contributed by atoms with Crippen molar-refractivity contribution in [2.45, 2.75) is 26.4 Å². The molecule has 11 heteroatoms. The van der Waals surface area contributed by atoms with E-state index in [-0.39, 0.29) is 34.9 Å². The number of likely N-dealkylation sites (tertiary alicyclic amines) is 1. The van der Waals surface area contributed by atoms with Crippen molar-refractivity contribution in [3.8, 4) is 28.6 Å². The number of ether oxygens (including phenoxy) is 3. The lowest BCUT2D eigenvalue weighted by Crippen LogP contribution is -2.42. The van der Waals surface area contributed by atoms with E-state index in [1.807, 2.05) is 6.92 Å². The Kier molecular flexibility index (Phi) is 7.16. The van der Waals surface area contributed by atoms with E-state index in [9.17, 15) is 9.59 Å². The molecule has 0 aliphatic carbocycles. The zero-order chi connectivity index (χ0) is 24.9. The minimum atomic E-state index is -0.696. The highest BCUT2D eigenvalue weighted by atomic mass is 16.5. The minimum absolute atomic E-state index is 0.115. The molecule has 1 aromatic carbocycles. The van der Waals surface area contributed by atoms with Crippen molar-refractivity contribution in [2.75, 3.05) is 26.8 Å². The Balaban J connectivity index is 1.73. The fraction of sp³-hybridized carbons (Fsp3) is 0.333. The maximum absolute atomic E-state index is 12.4. The van der Waals surface area contributed by atoms with Crippen LogP contribution in [0.5, 0.6) is 17.4 Å². The van der Waals surface area contributed by atoms with Crippen molar-refractivity contribution in [2.24, 2.45) is 5.73 Å². The first-order valence-corrected chi connectivity index (χ1v) is 11.1. The SMILES string of the molecule is COC[C@H](C)Oc1cc(Oc2cnc(C(=O)N3CCC3)cn2)c(-c2cnc(C)cn2)c(C(N)=O)c1. The van der Waals surface area contributed by atoms with Gasteiger partial charge < -0.3 is 24.8 Å². The molecule has 0 unspecified atom stereocenters. The molecule has 0 spiro atoms. The van der Waals surface area contributed by atoms with E-state index in [1.54, 1.807) is 31.2 Å². The molecule has 0 bridgehead atoms. The van der Waals surface area contributed by atoms with Gasteiger partial charge >= 0.3 is 0 Å². The zero-order valence-corrected chi connectivity index (χ0v) is 19.7. The third kappa shape index (κ3) is 5.52. The molecule has 1 saturated heterocycles. The quantitative estimate of drug-likeness (QED) is 0.490. The lowest BCUT2D eigenvalue weighted by atomic mass is 10.0. The van der Waals surface area contributed by atoms with Crippen LogP contribution in [-0.2, 0) is 4.74 Å². The first kappa shape index (κ1) is 24.0. The molecule has 1 atom stereocenters. The number of hydrogen-bond donors (Lipinski definition) is 1. The Morgan fingerprint density at radius 2 is 1.89 bits per heavy atom. The van der Waals surface area contributed by atoms with Gasteiger partial charge in [0.25, 0.3) is 5.91 Å². The molecule has 35 heavy (non-hydrogen) atoms. The standard InChI is InChI=1S/C24H26N6O5/c1-14-9-27-18(10-26-14)22-17(23(25)31)7-16(34-15(2)13-33-3)8-20(22)35-21-12-28-19(11-29-21)24(32)30-5-4-6-30/h7-12,15H,4-6,13H2,1-3H3,(H2,25,31)/t15-/m0/s1. The number of rotatable bonds is 9. The van der Waals surface area contributed by atoms with E-state index in [0.29, 0.717) is 42.4 Å². The third-order valence-corrected chi connectivity index (χ3v) is 5.32. The summed E-state index contributed by atoms with van der Waals surface area (Å²) in [7, 11) is 1.57. The maximum atomic E-state index is 12.4. The highest BCUT2D eigenvalue weighted by Crippen LogP contribution is 2.38. The fourth-order valence-corrected chi connectivity index (χ4v) is 3.49. The molecular formula is C24H26N6O5. The third-order valence-electron chi connectivity index (χ3n) is 5.32. The number of nitrogens with two attached hydrogens (primary N) is 1. The second-order valence-electron chi connectivity index (χ2n) is 8.12. The van der Waals surface area contributed by atoms with Gasteiger partial charge in [0.15, 0.2) is 0 Å². The summed E-state index contributed by atoms with van der Waals surface area (Å²) in [5, 5.41) is 0. The Bertz CT molecular complexity index is 1210. The average Bonchev–Trinajstić information content (AvgIpc) is 2.79. The van der Waals surface area contributed by atoms with Crippen molar-refractivity contribution < 1.29 is 23.8 Å². The fourth-order valence-electron chi connectivity index (χ4n) is 3.49. The number of methoxy groups -OCH3 is 1. The number of nitrogens with zero attached hydrogens (tertiary/aromatic N) is 5. The van der Waals surface area contributed by atoms with Crippen molar-refractivity contribution in [1.29, 1.82) is 0 Å². The summed E-state index contributed by atoms with van der Waals surface area (Å²) in [6.07, 6.45) is 6.49. The summed E-state index contributed by atoms with van der Waals surface area (Å²) in [6, 6.07) is 3.13. The van der Waals surface area contributed by atoms with E-state index in [1.165, 1.54) is 24.7 Å². The highest BCUT2D eigenvalue weighted by Gasteiger charge is 2.24. The van der Waals surface area contributed by atoms with Gasteiger partial charge in [-0.1, -0.05) is 0 Å². The number of aryl methyl sites for hydroxylation is 1. The number of hydrogen-bond acceptors (Lipinski definition) is 9. The molecule has 1 aliphatic heterocycles. The second-order valence-corrected chi connectivity index (χ2v) is 8.12. The topological polar surface area (TPSA) is 143 Å². The number of carbonyl (C=O) groups excluding carboxylic acids is 2. The first-order chi connectivity index (χ1) is 16.9. The molecule has 0 saturated carbocycles. The Hall–Kier alpha value is -4.12. The van der Waals surface area contributed by atoms with E-state index < -0.39 is 5.91 Å². The molecular weight excluding hydrogens is 452 g/mol. The van der Waals surface area contributed by atoms with Crippen molar-refractivity contribution in [3.63, 3.8) is 0 Å². The van der Waals surface area contributed by atoms with Crippen LogP contribution < -0.4 is 15.2 Å². The molecule has 182 valence electrons. The van der Waals surface area contributed by atoms with Gasteiger partial charge in [0.2, 0.25) is 11.8 Å². The van der Waals surface area contributed by atoms with Crippen LogP contribution in [0.4, 0.5) is 0 Å². The predicted octanol–water partition coefficient (Wildman–Crippen LogP) is 2.39. The zero-order valence-electron chi connectivity index (χ0n) is 19.7. The predicted molar refractivity (Wildman–Crippen MR) is 125 cm³/mol. The van der Waals surface area contributed by atoms with Crippen molar-refractivity contribution >= 4 is 11.8 Å². The number of carbonyl (C=O) groups is 2. The van der Waals surface area contributed by atoms with E-state index in [4.69, 9.17) is 19.9 Å². The molecule has 2 N–H and O–H groups in total. The normalized spacial score (nSPS) is 13.6. The van der Waals surface area contributed by atoms with Crippen LogP contribution in [-0.4, -0.2) is 69.6 Å². The van der Waals surface area contributed by atoms with Gasteiger partial charge in [-0.15, -0.1) is 0 Å². The lowest BCUT2D eigenvalue weighted by Gasteiger charge is -2.30. The van der Waals surface area contributed by atoms with Crippen LogP contribution in [0, 0.1) is 6.92 Å². The minimum Gasteiger partial charge on any atom is -0.488 e. The van der Waals surface area contributed by atoms with Crippen LogP contribution >= 0.6 is 0 Å². The van der Waals surface area contributed by atoms with Gasteiger partial charge in [-0.05, 0) is 26.3 Å². The lowest BCUT2D eigenvalue weighted by molar-refractivity contribution is 0.0645. The summed E-state index contributed by atoms with van der Waals surface area (Å²) >= 11 is 0. The molecule has 1 aliphatic rings. The van der Waals surface area contributed by atoms with Crippen LogP contribution in [0.15, 0.2) is 36.9 Å². The summed E-state index contributed by atoms with van der Waals surface area (Å²) in [5.41, 5.74) is 7.50. The van der Waals surface area contributed by atoms with Gasteiger partial charge in [-0.3, -0.25) is 19.6 Å². The Labute approximate surface area is 202 Å². The van der Waals surface area contributed by atoms with Crippen LogP contribution in [0.3, 0.4) is 0 Å². The van der Waals surface area contributed by atoms with E-state index in [0.717, 1.165) is 6.42 Å². The maximum Gasteiger partial charge on any atom is 0.274 e. The monoisotopic (exact) mass is 478 g/mol. The number of aromatic nitrogens is 4. The second kappa shape index (κ2) is 10.4. The van der Waals surface area contributed by atoms with Gasteiger partial charge in [0.05, 0.1) is 47.7 Å². The van der Waals surface area contributed by atoms with Gasteiger partial charge in [-0.25, -0.2) is 9.97 Å². The molecule has 0 radical (unpaired) electrons. The van der Waals surface area contributed by atoms with Crippen LogP contribution in [0.25, 0.3) is 11.3 Å².